The van der Waals surface area contributed by atoms with Gasteiger partial charge in [0.1, 0.15) is 30.9 Å². The SMILES string of the molecule is C=CCOC(=O)[C@H]1CCCN1OCCNC(=O)[C@H](CC(=O)OC(C)(C)C)NC(=O)OCc1ccccc1. The molecule has 1 saturated heterocycles. The molecule has 1 aromatic rings. The molecule has 2 rings (SSSR count). The van der Waals surface area contributed by atoms with Crippen LogP contribution in [0, 0.1) is 0 Å². The largest absolute Gasteiger partial charge is 0.460 e. The zero-order valence-electron chi connectivity index (χ0n) is 21.7. The Morgan fingerprint density at radius 3 is 2.57 bits per heavy atom. The fourth-order valence-corrected chi connectivity index (χ4v) is 3.49. The van der Waals surface area contributed by atoms with Crippen molar-refractivity contribution < 1.29 is 38.2 Å². The summed E-state index contributed by atoms with van der Waals surface area (Å²) in [6.07, 6.45) is 1.64. The normalized spacial score (nSPS) is 16.4. The predicted molar refractivity (Wildman–Crippen MR) is 134 cm³/mol. The number of esters is 2. The molecule has 2 atom stereocenters. The van der Waals surface area contributed by atoms with Crippen molar-refractivity contribution in [1.82, 2.24) is 15.7 Å². The van der Waals surface area contributed by atoms with E-state index in [1.54, 1.807) is 32.9 Å². The van der Waals surface area contributed by atoms with Gasteiger partial charge in [0.25, 0.3) is 0 Å². The van der Waals surface area contributed by atoms with E-state index >= 15 is 0 Å². The standard InChI is InChI=1S/C26H37N3O8/c1-5-15-34-24(32)21-12-9-14-29(21)36-16-13-27-23(31)20(17-22(30)37-26(2,3)4)28-25(33)35-18-19-10-7-6-8-11-19/h5-8,10-11,20-21H,1,9,12-18H2,2-4H3,(H,27,31)(H,28,33)/t20-,21+/m0/s1. The van der Waals surface area contributed by atoms with Gasteiger partial charge in [-0.1, -0.05) is 43.0 Å². The molecular weight excluding hydrogens is 482 g/mol. The molecule has 1 aliphatic rings. The van der Waals surface area contributed by atoms with Crippen LogP contribution in [0.3, 0.4) is 0 Å². The lowest BCUT2D eigenvalue weighted by molar-refractivity contribution is -0.188. The number of rotatable bonds is 13. The zero-order valence-corrected chi connectivity index (χ0v) is 21.7. The summed E-state index contributed by atoms with van der Waals surface area (Å²) in [7, 11) is 0. The van der Waals surface area contributed by atoms with Crippen molar-refractivity contribution in [2.24, 2.45) is 0 Å². The highest BCUT2D eigenvalue weighted by Gasteiger charge is 2.33. The highest BCUT2D eigenvalue weighted by molar-refractivity contribution is 5.89. The molecule has 0 aliphatic carbocycles. The summed E-state index contributed by atoms with van der Waals surface area (Å²) in [6, 6.07) is 7.32. The average molecular weight is 520 g/mol. The Balaban J connectivity index is 1.87. The molecule has 0 spiro atoms. The lowest BCUT2D eigenvalue weighted by atomic mass is 10.1. The molecule has 0 unspecified atom stereocenters. The first-order valence-electron chi connectivity index (χ1n) is 12.2. The molecule has 2 N–H and O–H groups in total. The summed E-state index contributed by atoms with van der Waals surface area (Å²) in [5, 5.41) is 6.60. The summed E-state index contributed by atoms with van der Waals surface area (Å²) >= 11 is 0. The van der Waals surface area contributed by atoms with Crippen molar-refractivity contribution in [3.63, 3.8) is 0 Å². The van der Waals surface area contributed by atoms with Crippen molar-refractivity contribution in [1.29, 1.82) is 0 Å². The van der Waals surface area contributed by atoms with Gasteiger partial charge in [-0.2, -0.15) is 5.06 Å². The minimum absolute atomic E-state index is 0.00747. The van der Waals surface area contributed by atoms with Crippen molar-refractivity contribution in [3.8, 4) is 0 Å². The van der Waals surface area contributed by atoms with E-state index in [0.717, 1.165) is 12.0 Å². The number of hydrogen-bond acceptors (Lipinski definition) is 9. The van der Waals surface area contributed by atoms with Crippen LogP contribution in [0.15, 0.2) is 43.0 Å². The summed E-state index contributed by atoms with van der Waals surface area (Å²) in [6.45, 7) is 9.48. The summed E-state index contributed by atoms with van der Waals surface area (Å²) in [5.74, 6) is -1.64. The van der Waals surface area contributed by atoms with Gasteiger partial charge in [-0.3, -0.25) is 19.2 Å². The molecule has 2 amide bonds. The number of ether oxygens (including phenoxy) is 3. The summed E-state index contributed by atoms with van der Waals surface area (Å²) in [4.78, 5) is 55.3. The number of hydroxylamine groups is 2. The van der Waals surface area contributed by atoms with Gasteiger partial charge in [-0.05, 0) is 39.2 Å². The fourth-order valence-electron chi connectivity index (χ4n) is 3.49. The van der Waals surface area contributed by atoms with Crippen LogP contribution in [-0.2, 0) is 40.0 Å². The van der Waals surface area contributed by atoms with E-state index < -0.39 is 41.6 Å². The van der Waals surface area contributed by atoms with Crippen LogP contribution >= 0.6 is 0 Å². The first kappa shape index (κ1) is 29.8. The van der Waals surface area contributed by atoms with Crippen LogP contribution in [0.2, 0.25) is 0 Å². The van der Waals surface area contributed by atoms with Crippen molar-refractivity contribution in [2.75, 3.05) is 26.3 Å². The van der Waals surface area contributed by atoms with Crippen LogP contribution < -0.4 is 10.6 Å². The highest BCUT2D eigenvalue weighted by atomic mass is 16.7. The third kappa shape index (κ3) is 11.4. The van der Waals surface area contributed by atoms with E-state index in [0.29, 0.717) is 13.0 Å². The molecule has 1 aliphatic heterocycles. The van der Waals surface area contributed by atoms with Gasteiger partial charge < -0.3 is 24.8 Å². The summed E-state index contributed by atoms with van der Waals surface area (Å²) < 4.78 is 15.6. The molecule has 1 heterocycles. The van der Waals surface area contributed by atoms with Crippen LogP contribution in [0.4, 0.5) is 4.79 Å². The van der Waals surface area contributed by atoms with Crippen LogP contribution in [0.1, 0.15) is 45.6 Å². The quantitative estimate of drug-likeness (QED) is 0.174. The second-order valence-electron chi connectivity index (χ2n) is 9.39. The number of carbonyl (C=O) groups is 4. The molecule has 1 fully saturated rings. The topological polar surface area (TPSA) is 132 Å². The van der Waals surface area contributed by atoms with Crippen molar-refractivity contribution >= 4 is 23.9 Å². The lowest BCUT2D eigenvalue weighted by Crippen LogP contribution is -2.49. The maximum atomic E-state index is 12.8. The highest BCUT2D eigenvalue weighted by Crippen LogP contribution is 2.18. The minimum atomic E-state index is -1.22. The van der Waals surface area contributed by atoms with E-state index in [1.165, 1.54) is 11.1 Å². The van der Waals surface area contributed by atoms with Gasteiger partial charge >= 0.3 is 18.0 Å². The van der Waals surface area contributed by atoms with Gasteiger partial charge in [0, 0.05) is 13.1 Å². The molecule has 0 saturated carbocycles. The lowest BCUT2D eigenvalue weighted by Gasteiger charge is -2.23. The Hall–Kier alpha value is -3.44. The maximum Gasteiger partial charge on any atom is 0.408 e. The number of hydrogen-bond donors (Lipinski definition) is 2. The molecule has 1 aromatic carbocycles. The number of benzene rings is 1. The number of nitrogens with one attached hydrogen (secondary N) is 2. The van der Waals surface area contributed by atoms with Crippen LogP contribution in [0.25, 0.3) is 0 Å². The van der Waals surface area contributed by atoms with E-state index in [2.05, 4.69) is 17.2 Å². The van der Waals surface area contributed by atoms with E-state index in [-0.39, 0.29) is 32.8 Å². The molecule has 11 heteroatoms. The second kappa shape index (κ2) is 15.0. The number of nitrogens with zero attached hydrogens (tertiary/aromatic N) is 1. The van der Waals surface area contributed by atoms with Gasteiger partial charge in [0.2, 0.25) is 5.91 Å². The molecule has 0 radical (unpaired) electrons. The third-order valence-electron chi connectivity index (χ3n) is 5.09. The van der Waals surface area contributed by atoms with Gasteiger partial charge in [0.05, 0.1) is 13.0 Å². The second-order valence-corrected chi connectivity index (χ2v) is 9.39. The number of carbonyl (C=O) groups excluding carboxylic acids is 4. The van der Waals surface area contributed by atoms with Gasteiger partial charge in [-0.25, -0.2) is 4.79 Å². The Kier molecular flexibility index (Phi) is 12.0. The predicted octanol–water partition coefficient (Wildman–Crippen LogP) is 2.25. The van der Waals surface area contributed by atoms with Crippen LogP contribution in [0.5, 0.6) is 0 Å². The number of alkyl carbamates (subject to hydrolysis) is 1. The first-order valence-corrected chi connectivity index (χ1v) is 12.2. The monoisotopic (exact) mass is 519 g/mol. The summed E-state index contributed by atoms with van der Waals surface area (Å²) in [5.41, 5.74) is 0.0234. The smallest absolute Gasteiger partial charge is 0.408 e. The average Bonchev–Trinajstić information content (AvgIpc) is 3.31. The minimum Gasteiger partial charge on any atom is -0.460 e. The van der Waals surface area contributed by atoms with Crippen LogP contribution in [-0.4, -0.2) is 73.0 Å². The van der Waals surface area contributed by atoms with E-state index in [4.69, 9.17) is 19.0 Å². The van der Waals surface area contributed by atoms with Gasteiger partial charge in [-0.15, -0.1) is 0 Å². The molecule has 0 aromatic heterocycles. The van der Waals surface area contributed by atoms with Crippen molar-refractivity contribution in [2.45, 2.75) is 64.3 Å². The fraction of sp³-hybridized carbons (Fsp3) is 0.538. The Morgan fingerprint density at radius 1 is 1.16 bits per heavy atom. The molecule has 37 heavy (non-hydrogen) atoms. The zero-order chi connectivity index (χ0) is 27.3. The molecule has 11 nitrogen and oxygen atoms in total. The first-order chi connectivity index (χ1) is 17.6. The Morgan fingerprint density at radius 2 is 1.89 bits per heavy atom. The molecule has 0 bridgehead atoms. The molecule has 204 valence electrons. The van der Waals surface area contributed by atoms with E-state index in [1.807, 2.05) is 18.2 Å². The Labute approximate surface area is 217 Å². The number of amides is 2. The maximum absolute atomic E-state index is 12.8. The van der Waals surface area contributed by atoms with Crippen molar-refractivity contribution in [3.05, 3.63) is 48.6 Å². The van der Waals surface area contributed by atoms with Gasteiger partial charge in [0.15, 0.2) is 0 Å². The Bertz CT molecular complexity index is 916. The molecular formula is C26H37N3O8. The third-order valence-corrected chi connectivity index (χ3v) is 5.09. The van der Waals surface area contributed by atoms with E-state index in [9.17, 15) is 19.2 Å².